The first-order valence-electron chi connectivity index (χ1n) is 7.37. The van der Waals surface area contributed by atoms with Gasteiger partial charge in [0, 0.05) is 30.1 Å². The average Bonchev–Trinajstić information content (AvgIpc) is 3.09. The summed E-state index contributed by atoms with van der Waals surface area (Å²) in [5.74, 6) is 0. The number of hydrogen-bond donors (Lipinski definition) is 3. The Kier molecular flexibility index (Phi) is 3.02. The van der Waals surface area contributed by atoms with Crippen LogP contribution in [-0.4, -0.2) is 16.2 Å². The standard InChI is InChI=1S/C18H18N2O/c21-17-10-12-4-1-2-6-15(12)18(17)20-11-13-5-3-7-16-14(13)8-9-19-16/h1-9,17-21H,10-11H2. The topological polar surface area (TPSA) is 48.0 Å². The number of aromatic nitrogens is 1. The van der Waals surface area contributed by atoms with Crippen molar-refractivity contribution in [2.45, 2.75) is 25.1 Å². The number of H-pyrrole nitrogens is 1. The van der Waals surface area contributed by atoms with E-state index >= 15 is 0 Å². The molecule has 0 radical (unpaired) electrons. The second kappa shape index (κ2) is 5.02. The minimum Gasteiger partial charge on any atom is -0.391 e. The molecule has 1 aliphatic carbocycles. The highest BCUT2D eigenvalue weighted by Gasteiger charge is 2.30. The number of aliphatic hydroxyl groups is 1. The van der Waals surface area contributed by atoms with E-state index < -0.39 is 0 Å². The molecule has 0 fully saturated rings. The molecular weight excluding hydrogens is 260 g/mol. The quantitative estimate of drug-likeness (QED) is 0.690. The van der Waals surface area contributed by atoms with Gasteiger partial charge in [0.05, 0.1) is 12.1 Å². The maximum Gasteiger partial charge on any atom is 0.0775 e. The SMILES string of the molecule is OC1Cc2ccccc2C1NCc1cccc2[nH]ccc12. The summed E-state index contributed by atoms with van der Waals surface area (Å²) in [6.07, 6.45) is 2.36. The molecule has 0 aliphatic heterocycles. The van der Waals surface area contributed by atoms with Crippen LogP contribution in [0.1, 0.15) is 22.7 Å². The van der Waals surface area contributed by atoms with Gasteiger partial charge in [0.2, 0.25) is 0 Å². The molecule has 0 saturated heterocycles. The molecule has 2 aromatic carbocycles. The van der Waals surface area contributed by atoms with E-state index in [0.717, 1.165) is 18.5 Å². The van der Waals surface area contributed by atoms with Crippen molar-refractivity contribution in [2.24, 2.45) is 0 Å². The minimum atomic E-state index is -0.340. The van der Waals surface area contributed by atoms with Gasteiger partial charge in [-0.05, 0) is 28.8 Å². The van der Waals surface area contributed by atoms with E-state index in [-0.39, 0.29) is 12.1 Å². The van der Waals surface area contributed by atoms with Crippen LogP contribution in [0.5, 0.6) is 0 Å². The Bertz CT molecular complexity index is 777. The molecule has 0 amide bonds. The predicted octanol–water partition coefficient (Wildman–Crippen LogP) is 2.92. The first-order valence-corrected chi connectivity index (χ1v) is 7.37. The van der Waals surface area contributed by atoms with E-state index in [2.05, 4.69) is 46.7 Å². The molecule has 2 unspecified atom stereocenters. The summed E-state index contributed by atoms with van der Waals surface area (Å²) in [7, 11) is 0. The zero-order valence-electron chi connectivity index (χ0n) is 11.7. The van der Waals surface area contributed by atoms with Crippen molar-refractivity contribution in [3.05, 3.63) is 71.4 Å². The van der Waals surface area contributed by atoms with Crippen LogP contribution in [0.4, 0.5) is 0 Å². The summed E-state index contributed by atoms with van der Waals surface area (Å²) in [5, 5.41) is 15.1. The summed E-state index contributed by atoms with van der Waals surface area (Å²) >= 11 is 0. The molecule has 21 heavy (non-hydrogen) atoms. The Labute approximate surface area is 123 Å². The van der Waals surface area contributed by atoms with Crippen LogP contribution in [0, 0.1) is 0 Å². The van der Waals surface area contributed by atoms with E-state index in [1.54, 1.807) is 0 Å². The van der Waals surface area contributed by atoms with Crippen LogP contribution >= 0.6 is 0 Å². The fourth-order valence-corrected chi connectivity index (χ4v) is 3.34. The van der Waals surface area contributed by atoms with Crippen molar-refractivity contribution in [1.82, 2.24) is 10.3 Å². The molecule has 0 saturated carbocycles. The van der Waals surface area contributed by atoms with Crippen LogP contribution in [0.25, 0.3) is 10.9 Å². The van der Waals surface area contributed by atoms with E-state index in [9.17, 15) is 5.11 Å². The van der Waals surface area contributed by atoms with Crippen molar-refractivity contribution >= 4 is 10.9 Å². The average molecular weight is 278 g/mol. The van der Waals surface area contributed by atoms with E-state index in [1.165, 1.54) is 22.1 Å². The molecule has 1 aliphatic rings. The molecular formula is C18H18N2O. The Morgan fingerprint density at radius 3 is 2.95 bits per heavy atom. The van der Waals surface area contributed by atoms with Crippen molar-refractivity contribution in [2.75, 3.05) is 0 Å². The van der Waals surface area contributed by atoms with Gasteiger partial charge in [0.25, 0.3) is 0 Å². The molecule has 1 heterocycles. The number of aromatic amines is 1. The zero-order valence-corrected chi connectivity index (χ0v) is 11.7. The number of hydrogen-bond acceptors (Lipinski definition) is 2. The lowest BCUT2D eigenvalue weighted by atomic mass is 10.1. The summed E-state index contributed by atoms with van der Waals surface area (Å²) in [6.45, 7) is 0.755. The van der Waals surface area contributed by atoms with Gasteiger partial charge in [-0.15, -0.1) is 0 Å². The molecule has 0 bridgehead atoms. The number of nitrogens with one attached hydrogen (secondary N) is 2. The second-order valence-electron chi connectivity index (χ2n) is 5.68. The molecule has 3 heteroatoms. The maximum atomic E-state index is 10.3. The number of rotatable bonds is 3. The molecule has 2 atom stereocenters. The van der Waals surface area contributed by atoms with Gasteiger partial charge in [-0.1, -0.05) is 36.4 Å². The number of aliphatic hydroxyl groups excluding tert-OH is 1. The Morgan fingerprint density at radius 2 is 2.00 bits per heavy atom. The van der Waals surface area contributed by atoms with Crippen molar-refractivity contribution in [1.29, 1.82) is 0 Å². The van der Waals surface area contributed by atoms with Crippen LogP contribution in [0.15, 0.2) is 54.7 Å². The van der Waals surface area contributed by atoms with Gasteiger partial charge in [-0.3, -0.25) is 0 Å². The minimum absolute atomic E-state index is 0.0235. The zero-order chi connectivity index (χ0) is 14.2. The Balaban J connectivity index is 1.59. The third kappa shape index (κ3) is 2.15. The monoisotopic (exact) mass is 278 g/mol. The molecule has 0 spiro atoms. The third-order valence-corrected chi connectivity index (χ3v) is 4.40. The van der Waals surface area contributed by atoms with Crippen LogP contribution in [0.2, 0.25) is 0 Å². The summed E-state index contributed by atoms with van der Waals surface area (Å²) in [5.41, 5.74) is 4.89. The second-order valence-corrected chi connectivity index (χ2v) is 5.68. The molecule has 3 nitrogen and oxygen atoms in total. The molecule has 106 valence electrons. The number of benzene rings is 2. The highest BCUT2D eigenvalue weighted by atomic mass is 16.3. The van der Waals surface area contributed by atoms with Crippen LogP contribution < -0.4 is 5.32 Å². The Hall–Kier alpha value is -2.10. The maximum absolute atomic E-state index is 10.3. The van der Waals surface area contributed by atoms with Crippen molar-refractivity contribution in [3.63, 3.8) is 0 Å². The molecule has 3 N–H and O–H groups in total. The lowest BCUT2D eigenvalue weighted by molar-refractivity contribution is 0.141. The normalized spacial score (nSPS) is 20.8. The van der Waals surface area contributed by atoms with Crippen molar-refractivity contribution in [3.8, 4) is 0 Å². The number of fused-ring (bicyclic) bond motifs is 2. The fourth-order valence-electron chi connectivity index (χ4n) is 3.34. The highest BCUT2D eigenvalue weighted by Crippen LogP contribution is 2.31. The molecule has 4 rings (SSSR count). The summed E-state index contributed by atoms with van der Waals surface area (Å²) in [6, 6.07) is 16.7. The first kappa shape index (κ1) is 12.6. The van der Waals surface area contributed by atoms with E-state index in [4.69, 9.17) is 0 Å². The fraction of sp³-hybridized carbons (Fsp3) is 0.222. The largest absolute Gasteiger partial charge is 0.391 e. The van der Waals surface area contributed by atoms with Gasteiger partial charge in [-0.25, -0.2) is 0 Å². The van der Waals surface area contributed by atoms with Crippen LogP contribution in [0.3, 0.4) is 0 Å². The smallest absolute Gasteiger partial charge is 0.0775 e. The Morgan fingerprint density at radius 1 is 1.10 bits per heavy atom. The summed E-state index contributed by atoms with van der Waals surface area (Å²) < 4.78 is 0. The van der Waals surface area contributed by atoms with E-state index in [1.807, 2.05) is 18.3 Å². The van der Waals surface area contributed by atoms with Gasteiger partial charge < -0.3 is 15.4 Å². The van der Waals surface area contributed by atoms with Gasteiger partial charge in [-0.2, -0.15) is 0 Å². The lowest BCUT2D eigenvalue weighted by Gasteiger charge is -2.18. The van der Waals surface area contributed by atoms with Crippen molar-refractivity contribution < 1.29 is 5.11 Å². The van der Waals surface area contributed by atoms with E-state index in [0.29, 0.717) is 0 Å². The van der Waals surface area contributed by atoms with Gasteiger partial charge in [0.15, 0.2) is 0 Å². The molecule has 1 aromatic heterocycles. The molecule has 3 aromatic rings. The third-order valence-electron chi connectivity index (χ3n) is 4.40. The summed E-state index contributed by atoms with van der Waals surface area (Å²) in [4.78, 5) is 3.24. The highest BCUT2D eigenvalue weighted by molar-refractivity contribution is 5.82. The van der Waals surface area contributed by atoms with Gasteiger partial charge in [0.1, 0.15) is 0 Å². The predicted molar refractivity (Wildman–Crippen MR) is 84.0 cm³/mol. The lowest BCUT2D eigenvalue weighted by Crippen LogP contribution is -2.28. The first-order chi connectivity index (χ1) is 10.3. The van der Waals surface area contributed by atoms with Crippen LogP contribution in [-0.2, 0) is 13.0 Å². The van der Waals surface area contributed by atoms with Gasteiger partial charge >= 0.3 is 0 Å².